The third-order valence-corrected chi connectivity index (χ3v) is 2.54. The van der Waals surface area contributed by atoms with Crippen LogP contribution in [0.25, 0.3) is 0 Å². The lowest BCUT2D eigenvalue weighted by atomic mass is 10.2. The van der Waals surface area contributed by atoms with Crippen molar-refractivity contribution in [2.24, 2.45) is 11.7 Å². The normalized spacial score (nSPS) is 10.9. The van der Waals surface area contributed by atoms with Gasteiger partial charge in [0.05, 0.1) is 6.61 Å². The van der Waals surface area contributed by atoms with E-state index in [0.29, 0.717) is 30.7 Å². The Bertz CT molecular complexity index is 342. The smallest absolute Gasteiger partial charge is 0.120 e. The molecule has 1 aromatic rings. The van der Waals surface area contributed by atoms with Gasteiger partial charge in [0.25, 0.3) is 0 Å². The summed E-state index contributed by atoms with van der Waals surface area (Å²) in [5.74, 6) is 1.30. The molecule has 0 aromatic heterocycles. The fourth-order valence-electron chi connectivity index (χ4n) is 1.32. The van der Waals surface area contributed by atoms with Crippen molar-refractivity contribution in [3.05, 3.63) is 28.8 Å². The van der Waals surface area contributed by atoms with Gasteiger partial charge >= 0.3 is 0 Å². The first-order valence-corrected chi connectivity index (χ1v) is 6.20. The Kier molecular flexibility index (Phi) is 6.34. The lowest BCUT2D eigenvalue weighted by molar-refractivity contribution is 0.0819. The lowest BCUT2D eigenvalue weighted by Crippen LogP contribution is -2.10. The molecule has 0 unspecified atom stereocenters. The summed E-state index contributed by atoms with van der Waals surface area (Å²) >= 11 is 6.02. The van der Waals surface area contributed by atoms with E-state index in [1.54, 1.807) is 6.07 Å². The third kappa shape index (κ3) is 5.39. The Morgan fingerprint density at radius 1 is 1.29 bits per heavy atom. The summed E-state index contributed by atoms with van der Waals surface area (Å²) in [6.07, 6.45) is 0. The maximum Gasteiger partial charge on any atom is 0.120 e. The Labute approximate surface area is 108 Å². The van der Waals surface area contributed by atoms with Gasteiger partial charge in [0.15, 0.2) is 0 Å². The zero-order valence-corrected chi connectivity index (χ0v) is 11.2. The maximum atomic E-state index is 6.02. The van der Waals surface area contributed by atoms with Gasteiger partial charge in [0.1, 0.15) is 12.4 Å². The highest BCUT2D eigenvalue weighted by atomic mass is 35.5. The highest BCUT2D eigenvalue weighted by Crippen LogP contribution is 2.22. The Morgan fingerprint density at radius 3 is 2.65 bits per heavy atom. The molecule has 17 heavy (non-hydrogen) atoms. The molecule has 0 spiro atoms. The lowest BCUT2D eigenvalue weighted by Gasteiger charge is -2.09. The van der Waals surface area contributed by atoms with E-state index in [-0.39, 0.29) is 0 Å². The Balaban J connectivity index is 2.30. The Hall–Kier alpha value is -0.770. The van der Waals surface area contributed by atoms with Crippen LogP contribution in [0.15, 0.2) is 18.2 Å². The van der Waals surface area contributed by atoms with Gasteiger partial charge in [0, 0.05) is 18.2 Å². The molecule has 0 fully saturated rings. The quantitative estimate of drug-likeness (QED) is 0.764. The molecule has 2 N–H and O–H groups in total. The molecule has 4 heteroatoms. The minimum Gasteiger partial charge on any atom is -0.491 e. The van der Waals surface area contributed by atoms with Gasteiger partial charge in [-0.25, -0.2) is 0 Å². The van der Waals surface area contributed by atoms with Gasteiger partial charge in [-0.2, -0.15) is 0 Å². The third-order valence-electron chi connectivity index (χ3n) is 2.19. The zero-order valence-electron chi connectivity index (χ0n) is 10.4. The molecule has 1 rings (SSSR count). The minimum absolute atomic E-state index is 0.441. The molecule has 0 radical (unpaired) electrons. The monoisotopic (exact) mass is 257 g/mol. The highest BCUT2D eigenvalue weighted by Gasteiger charge is 2.01. The number of hydrogen-bond acceptors (Lipinski definition) is 3. The Morgan fingerprint density at radius 2 is 2.06 bits per heavy atom. The van der Waals surface area contributed by atoms with E-state index in [1.807, 2.05) is 12.1 Å². The van der Waals surface area contributed by atoms with Crippen LogP contribution in [-0.4, -0.2) is 19.8 Å². The van der Waals surface area contributed by atoms with E-state index in [4.69, 9.17) is 26.8 Å². The van der Waals surface area contributed by atoms with Crippen LogP contribution in [0.3, 0.4) is 0 Å². The van der Waals surface area contributed by atoms with Crippen LogP contribution in [0.5, 0.6) is 5.75 Å². The summed E-state index contributed by atoms with van der Waals surface area (Å²) in [5.41, 5.74) is 6.45. The van der Waals surface area contributed by atoms with Crippen LogP contribution in [0.2, 0.25) is 5.02 Å². The van der Waals surface area contributed by atoms with E-state index in [9.17, 15) is 0 Å². The van der Waals surface area contributed by atoms with Gasteiger partial charge in [-0.05, 0) is 23.6 Å². The zero-order chi connectivity index (χ0) is 12.7. The molecule has 0 amide bonds. The van der Waals surface area contributed by atoms with E-state index in [1.165, 1.54) is 0 Å². The van der Waals surface area contributed by atoms with Crippen molar-refractivity contribution in [1.82, 2.24) is 0 Å². The van der Waals surface area contributed by atoms with Crippen LogP contribution < -0.4 is 10.5 Å². The van der Waals surface area contributed by atoms with Crippen LogP contribution in [0.1, 0.15) is 19.4 Å². The minimum atomic E-state index is 0.441. The van der Waals surface area contributed by atoms with Crippen molar-refractivity contribution in [2.75, 3.05) is 19.8 Å². The van der Waals surface area contributed by atoms with Gasteiger partial charge in [0.2, 0.25) is 0 Å². The van der Waals surface area contributed by atoms with Crippen molar-refractivity contribution in [2.45, 2.75) is 20.4 Å². The molecule has 0 aliphatic rings. The summed E-state index contributed by atoms with van der Waals surface area (Å²) in [7, 11) is 0. The number of ether oxygens (including phenoxy) is 2. The van der Waals surface area contributed by atoms with Crippen LogP contribution in [-0.2, 0) is 11.3 Å². The van der Waals surface area contributed by atoms with E-state index >= 15 is 0 Å². The summed E-state index contributed by atoms with van der Waals surface area (Å²) < 4.78 is 10.9. The fraction of sp³-hybridized carbons (Fsp3) is 0.538. The fourth-order valence-corrected chi connectivity index (χ4v) is 1.57. The average Bonchev–Trinajstić information content (AvgIpc) is 2.28. The molecule has 1 aromatic carbocycles. The molecule has 0 heterocycles. The van der Waals surface area contributed by atoms with Crippen molar-refractivity contribution in [1.29, 1.82) is 0 Å². The first-order valence-electron chi connectivity index (χ1n) is 5.82. The van der Waals surface area contributed by atoms with Crippen molar-refractivity contribution in [3.63, 3.8) is 0 Å². The predicted octanol–water partition coefficient (Wildman–Crippen LogP) is 2.85. The molecule has 0 saturated heterocycles. The second-order valence-electron chi connectivity index (χ2n) is 4.27. The number of benzene rings is 1. The maximum absolute atomic E-state index is 6.02. The molecule has 0 atom stereocenters. The topological polar surface area (TPSA) is 44.5 Å². The molecule has 96 valence electrons. The van der Waals surface area contributed by atoms with Crippen molar-refractivity contribution in [3.8, 4) is 5.75 Å². The predicted molar refractivity (Wildman–Crippen MR) is 70.5 cm³/mol. The van der Waals surface area contributed by atoms with E-state index in [2.05, 4.69) is 13.8 Å². The molecule has 0 aliphatic heterocycles. The number of halogens is 1. The highest BCUT2D eigenvalue weighted by molar-refractivity contribution is 6.31. The standard InChI is InChI=1S/C13H20ClNO2/c1-10(2)9-16-5-6-17-12-4-3-11(8-15)13(14)7-12/h3-4,7,10H,5-6,8-9,15H2,1-2H3. The largest absolute Gasteiger partial charge is 0.491 e. The van der Waals surface area contributed by atoms with Crippen LogP contribution in [0, 0.1) is 5.92 Å². The SMILES string of the molecule is CC(C)COCCOc1ccc(CN)c(Cl)c1. The molecule has 0 bridgehead atoms. The molecular weight excluding hydrogens is 238 g/mol. The number of hydrogen-bond donors (Lipinski definition) is 1. The number of rotatable bonds is 7. The summed E-state index contributed by atoms with van der Waals surface area (Å²) in [6, 6.07) is 5.54. The van der Waals surface area contributed by atoms with E-state index < -0.39 is 0 Å². The summed E-state index contributed by atoms with van der Waals surface area (Å²) in [6.45, 7) is 6.56. The van der Waals surface area contributed by atoms with E-state index in [0.717, 1.165) is 17.9 Å². The summed E-state index contributed by atoms with van der Waals surface area (Å²) in [4.78, 5) is 0. The second-order valence-corrected chi connectivity index (χ2v) is 4.68. The van der Waals surface area contributed by atoms with Crippen molar-refractivity contribution >= 4 is 11.6 Å². The van der Waals surface area contributed by atoms with Crippen LogP contribution in [0.4, 0.5) is 0 Å². The van der Waals surface area contributed by atoms with Gasteiger partial charge in [-0.3, -0.25) is 0 Å². The van der Waals surface area contributed by atoms with Gasteiger partial charge in [-0.1, -0.05) is 31.5 Å². The summed E-state index contributed by atoms with van der Waals surface area (Å²) in [5, 5.41) is 0.646. The first kappa shape index (κ1) is 14.3. The molecule has 0 saturated carbocycles. The second kappa shape index (κ2) is 7.54. The molecule has 0 aliphatic carbocycles. The average molecular weight is 258 g/mol. The van der Waals surface area contributed by atoms with Crippen LogP contribution >= 0.6 is 11.6 Å². The first-order chi connectivity index (χ1) is 8.13. The van der Waals surface area contributed by atoms with Crippen molar-refractivity contribution < 1.29 is 9.47 Å². The molecule has 3 nitrogen and oxygen atoms in total. The van der Waals surface area contributed by atoms with Gasteiger partial charge in [-0.15, -0.1) is 0 Å². The molecular formula is C13H20ClNO2. The van der Waals surface area contributed by atoms with Gasteiger partial charge < -0.3 is 15.2 Å². The number of nitrogens with two attached hydrogens (primary N) is 1.